The number of rotatable bonds is 6. The Morgan fingerprint density at radius 3 is 2.50 bits per heavy atom. The average molecular weight is 321 g/mol. The van der Waals surface area contributed by atoms with Crippen molar-refractivity contribution in [2.75, 3.05) is 26.0 Å². The molecule has 0 fully saturated rings. The van der Waals surface area contributed by atoms with E-state index in [1.54, 1.807) is 20.8 Å². The lowest BCUT2D eigenvalue weighted by molar-refractivity contribution is 0.142. The molecule has 5 nitrogen and oxygen atoms in total. The first-order chi connectivity index (χ1) is 9.25. The lowest BCUT2D eigenvalue weighted by Crippen LogP contribution is -2.40. The Morgan fingerprint density at radius 1 is 1.45 bits per heavy atom. The highest BCUT2D eigenvalue weighted by Crippen LogP contribution is 2.28. The largest absolute Gasteiger partial charge is 0.398 e. The molecule has 1 unspecified atom stereocenters. The molecule has 1 aromatic carbocycles. The molecule has 0 amide bonds. The summed E-state index contributed by atoms with van der Waals surface area (Å²) in [5.74, 6) is 0. The number of ether oxygens (including phenoxy) is 1. The zero-order chi connectivity index (χ0) is 15.5. The summed E-state index contributed by atoms with van der Waals surface area (Å²) in [4.78, 5) is 0.107. The highest BCUT2D eigenvalue weighted by Gasteiger charge is 2.28. The summed E-state index contributed by atoms with van der Waals surface area (Å²) < 4.78 is 31.7. The number of benzene rings is 1. The number of likely N-dealkylation sites (N-methyl/N-ethyl adjacent to an activating group) is 1. The molecule has 0 aliphatic carbocycles. The lowest BCUT2D eigenvalue weighted by atomic mass is 10.2. The zero-order valence-electron chi connectivity index (χ0n) is 12.2. The molecular weight excluding hydrogens is 300 g/mol. The highest BCUT2D eigenvalue weighted by atomic mass is 35.5. The van der Waals surface area contributed by atoms with Gasteiger partial charge in [0.1, 0.15) is 0 Å². The third-order valence-corrected chi connectivity index (χ3v) is 5.64. The van der Waals surface area contributed by atoms with Crippen LogP contribution in [0.15, 0.2) is 17.0 Å². The van der Waals surface area contributed by atoms with Crippen molar-refractivity contribution in [2.24, 2.45) is 0 Å². The van der Waals surface area contributed by atoms with Crippen LogP contribution in [-0.4, -0.2) is 39.0 Å². The molecule has 0 bridgehead atoms. The molecule has 1 rings (SSSR count). The van der Waals surface area contributed by atoms with E-state index >= 15 is 0 Å². The topological polar surface area (TPSA) is 72.6 Å². The zero-order valence-corrected chi connectivity index (χ0v) is 13.8. The predicted octanol–water partition coefficient (Wildman–Crippen LogP) is 2.28. The van der Waals surface area contributed by atoms with Gasteiger partial charge in [-0.05, 0) is 31.5 Å². The number of halogens is 1. The molecule has 2 N–H and O–H groups in total. The van der Waals surface area contributed by atoms with Gasteiger partial charge in [-0.3, -0.25) is 0 Å². The number of nitrogen functional groups attached to an aromatic ring is 1. The molecule has 0 aliphatic rings. The van der Waals surface area contributed by atoms with Crippen molar-refractivity contribution in [3.63, 3.8) is 0 Å². The minimum Gasteiger partial charge on any atom is -0.398 e. The Hall–Kier alpha value is -0.820. The Labute approximate surface area is 125 Å². The van der Waals surface area contributed by atoms with Crippen molar-refractivity contribution < 1.29 is 13.2 Å². The second-order valence-electron chi connectivity index (χ2n) is 4.63. The number of anilines is 1. The molecule has 114 valence electrons. The summed E-state index contributed by atoms with van der Waals surface area (Å²) in [7, 11) is -2.11. The Bertz CT molecular complexity index is 552. The number of sulfonamides is 1. The van der Waals surface area contributed by atoms with Gasteiger partial charge in [0, 0.05) is 30.4 Å². The van der Waals surface area contributed by atoms with Crippen molar-refractivity contribution in [1.29, 1.82) is 0 Å². The molecule has 0 spiro atoms. The normalized spacial score (nSPS) is 13.7. The summed E-state index contributed by atoms with van der Waals surface area (Å²) in [6, 6.07) is 2.61. The van der Waals surface area contributed by atoms with Crippen molar-refractivity contribution in [3.8, 4) is 0 Å². The van der Waals surface area contributed by atoms with Crippen molar-refractivity contribution in [3.05, 3.63) is 22.7 Å². The number of hydrogen-bond donors (Lipinski definition) is 1. The van der Waals surface area contributed by atoms with Crippen LogP contribution < -0.4 is 5.73 Å². The summed E-state index contributed by atoms with van der Waals surface area (Å²) in [6.45, 7) is 5.99. The molecule has 7 heteroatoms. The van der Waals surface area contributed by atoms with Gasteiger partial charge >= 0.3 is 0 Å². The summed E-state index contributed by atoms with van der Waals surface area (Å²) in [6.07, 6.45) is 0. The van der Waals surface area contributed by atoms with Gasteiger partial charge in [-0.1, -0.05) is 18.5 Å². The maximum Gasteiger partial charge on any atom is 0.243 e. The van der Waals surface area contributed by atoms with Crippen LogP contribution >= 0.6 is 11.6 Å². The molecule has 0 saturated carbocycles. The number of hydrogen-bond acceptors (Lipinski definition) is 4. The lowest BCUT2D eigenvalue weighted by Gasteiger charge is -2.27. The van der Waals surface area contributed by atoms with E-state index < -0.39 is 10.0 Å². The molecule has 0 aliphatic heterocycles. The van der Waals surface area contributed by atoms with E-state index in [0.717, 1.165) is 0 Å². The minimum absolute atomic E-state index is 0.107. The fraction of sp³-hybridized carbons (Fsp3) is 0.538. The summed E-state index contributed by atoms with van der Waals surface area (Å²) in [5.41, 5.74) is 6.85. The smallest absolute Gasteiger partial charge is 0.243 e. The fourth-order valence-corrected chi connectivity index (χ4v) is 3.98. The molecule has 20 heavy (non-hydrogen) atoms. The summed E-state index contributed by atoms with van der Waals surface area (Å²) >= 11 is 6.03. The van der Waals surface area contributed by atoms with Gasteiger partial charge in [0.15, 0.2) is 0 Å². The van der Waals surface area contributed by atoms with Gasteiger partial charge in [0.05, 0.1) is 11.5 Å². The Kier molecular flexibility index (Phi) is 5.82. The van der Waals surface area contributed by atoms with Crippen LogP contribution in [0, 0.1) is 6.92 Å². The predicted molar refractivity (Wildman–Crippen MR) is 81.5 cm³/mol. The second-order valence-corrected chi connectivity index (χ2v) is 6.93. The molecule has 1 atom stereocenters. The third kappa shape index (κ3) is 3.44. The van der Waals surface area contributed by atoms with Crippen molar-refractivity contribution in [1.82, 2.24) is 4.31 Å². The Balaban J connectivity index is 3.27. The summed E-state index contributed by atoms with van der Waals surface area (Å²) in [5, 5.41) is 0.346. The fourth-order valence-electron chi connectivity index (χ4n) is 2.00. The van der Waals surface area contributed by atoms with Crippen molar-refractivity contribution >= 4 is 27.3 Å². The third-order valence-electron chi connectivity index (χ3n) is 3.18. The van der Waals surface area contributed by atoms with E-state index in [0.29, 0.717) is 29.4 Å². The van der Waals surface area contributed by atoms with Crippen LogP contribution in [0.2, 0.25) is 5.02 Å². The van der Waals surface area contributed by atoms with Crippen LogP contribution in [0.5, 0.6) is 0 Å². The first kappa shape index (κ1) is 17.2. The SMILES string of the molecule is CCN(C(C)COC)S(=O)(=O)c1cc(N)c(C)c(Cl)c1. The number of methoxy groups -OCH3 is 1. The first-order valence-electron chi connectivity index (χ1n) is 6.32. The minimum atomic E-state index is -3.65. The molecule has 0 saturated heterocycles. The van der Waals surface area contributed by atoms with E-state index in [-0.39, 0.29) is 10.9 Å². The molecule has 1 aromatic rings. The van der Waals surface area contributed by atoms with Gasteiger partial charge in [-0.25, -0.2) is 8.42 Å². The average Bonchev–Trinajstić information content (AvgIpc) is 2.36. The van der Waals surface area contributed by atoms with Gasteiger partial charge in [0.25, 0.3) is 0 Å². The van der Waals surface area contributed by atoms with Crippen LogP contribution in [0.3, 0.4) is 0 Å². The van der Waals surface area contributed by atoms with Crippen LogP contribution in [0.25, 0.3) is 0 Å². The van der Waals surface area contributed by atoms with E-state index in [2.05, 4.69) is 0 Å². The second kappa shape index (κ2) is 6.76. The van der Waals surface area contributed by atoms with Gasteiger partial charge in [0.2, 0.25) is 10.0 Å². The maximum atomic E-state index is 12.7. The number of nitrogens with zero attached hydrogens (tertiary/aromatic N) is 1. The van der Waals surface area contributed by atoms with Crippen molar-refractivity contribution in [2.45, 2.75) is 31.7 Å². The number of nitrogens with two attached hydrogens (primary N) is 1. The highest BCUT2D eigenvalue weighted by molar-refractivity contribution is 7.89. The van der Waals surface area contributed by atoms with Gasteiger partial charge in [-0.15, -0.1) is 0 Å². The maximum absolute atomic E-state index is 12.7. The Morgan fingerprint density at radius 2 is 2.05 bits per heavy atom. The first-order valence-corrected chi connectivity index (χ1v) is 8.13. The standard InChI is InChI=1S/C13H21ClN2O3S/c1-5-16(9(2)8-19-4)20(17,18)11-6-12(14)10(3)13(15)7-11/h6-7,9H,5,8,15H2,1-4H3. The van der Waals surface area contributed by atoms with Crippen LogP contribution in [-0.2, 0) is 14.8 Å². The van der Waals surface area contributed by atoms with E-state index in [1.807, 2.05) is 0 Å². The van der Waals surface area contributed by atoms with Gasteiger partial charge < -0.3 is 10.5 Å². The van der Waals surface area contributed by atoms with Crippen LogP contribution in [0.1, 0.15) is 19.4 Å². The molecule has 0 aromatic heterocycles. The molecular formula is C13H21ClN2O3S. The van der Waals surface area contributed by atoms with E-state index in [1.165, 1.54) is 23.5 Å². The quantitative estimate of drug-likeness (QED) is 0.816. The monoisotopic (exact) mass is 320 g/mol. The van der Waals surface area contributed by atoms with E-state index in [4.69, 9.17) is 22.1 Å². The van der Waals surface area contributed by atoms with Gasteiger partial charge in [-0.2, -0.15) is 4.31 Å². The van der Waals surface area contributed by atoms with Crippen LogP contribution in [0.4, 0.5) is 5.69 Å². The molecule has 0 heterocycles. The van der Waals surface area contributed by atoms with E-state index in [9.17, 15) is 8.42 Å². The molecule has 0 radical (unpaired) electrons.